The summed E-state index contributed by atoms with van der Waals surface area (Å²) in [6.07, 6.45) is 3.15. The topological polar surface area (TPSA) is 46.3 Å². The van der Waals surface area contributed by atoms with E-state index in [4.69, 9.17) is 5.73 Å². The van der Waals surface area contributed by atoms with Crippen LogP contribution in [0.15, 0.2) is 0 Å². The van der Waals surface area contributed by atoms with E-state index < -0.39 is 0 Å². The lowest BCUT2D eigenvalue weighted by Gasteiger charge is -2.38. The highest BCUT2D eigenvalue weighted by Gasteiger charge is 2.33. The van der Waals surface area contributed by atoms with Crippen LogP contribution in [-0.2, 0) is 4.79 Å². The molecule has 0 saturated carbocycles. The van der Waals surface area contributed by atoms with E-state index >= 15 is 0 Å². The number of rotatable bonds is 3. The second-order valence-electron chi connectivity index (χ2n) is 5.75. The van der Waals surface area contributed by atoms with Crippen molar-refractivity contribution in [2.24, 2.45) is 17.1 Å². The van der Waals surface area contributed by atoms with Crippen LogP contribution in [0.5, 0.6) is 0 Å². The molecule has 0 radical (unpaired) electrons. The zero-order chi connectivity index (χ0) is 12.3. The first-order valence-corrected chi connectivity index (χ1v) is 6.43. The van der Waals surface area contributed by atoms with Gasteiger partial charge in [-0.3, -0.25) is 4.79 Å². The first kappa shape index (κ1) is 16.7. The first-order valence-electron chi connectivity index (χ1n) is 6.43. The number of amides is 1. The van der Waals surface area contributed by atoms with E-state index in [2.05, 4.69) is 6.92 Å². The standard InChI is InChI=1S/C13H26N2O.ClH/c1-5-13(3,4)12(16)15-8-6-7-11(9-15)10(2)14;/h10-11H,5-9,14H2,1-4H3;1H. The molecule has 1 fully saturated rings. The van der Waals surface area contributed by atoms with Gasteiger partial charge in [0.1, 0.15) is 0 Å². The summed E-state index contributed by atoms with van der Waals surface area (Å²) in [6.45, 7) is 9.94. The Morgan fingerprint density at radius 3 is 2.59 bits per heavy atom. The lowest BCUT2D eigenvalue weighted by molar-refractivity contribution is -0.142. The van der Waals surface area contributed by atoms with Crippen molar-refractivity contribution < 1.29 is 4.79 Å². The lowest BCUT2D eigenvalue weighted by Crippen LogP contribution is -2.49. The van der Waals surface area contributed by atoms with Crippen LogP contribution >= 0.6 is 12.4 Å². The molecule has 0 aromatic carbocycles. The van der Waals surface area contributed by atoms with Gasteiger partial charge in [-0.15, -0.1) is 12.4 Å². The average molecular weight is 263 g/mol. The van der Waals surface area contributed by atoms with Crippen molar-refractivity contribution in [2.75, 3.05) is 13.1 Å². The number of piperidine rings is 1. The second-order valence-corrected chi connectivity index (χ2v) is 5.75. The van der Waals surface area contributed by atoms with Gasteiger partial charge in [0.2, 0.25) is 5.91 Å². The number of hydrogen-bond donors (Lipinski definition) is 1. The summed E-state index contributed by atoms with van der Waals surface area (Å²) < 4.78 is 0. The molecule has 3 nitrogen and oxygen atoms in total. The van der Waals surface area contributed by atoms with Crippen molar-refractivity contribution in [2.45, 2.75) is 53.0 Å². The summed E-state index contributed by atoms with van der Waals surface area (Å²) in [5.41, 5.74) is 5.71. The normalized spacial score (nSPS) is 22.9. The molecule has 0 aromatic rings. The molecule has 17 heavy (non-hydrogen) atoms. The summed E-state index contributed by atoms with van der Waals surface area (Å²) in [5.74, 6) is 0.769. The fourth-order valence-corrected chi connectivity index (χ4v) is 2.20. The Morgan fingerprint density at radius 2 is 2.12 bits per heavy atom. The van der Waals surface area contributed by atoms with Crippen LogP contribution < -0.4 is 5.73 Å². The monoisotopic (exact) mass is 262 g/mol. The van der Waals surface area contributed by atoms with Gasteiger partial charge < -0.3 is 10.6 Å². The summed E-state index contributed by atoms with van der Waals surface area (Å²) in [6, 6.07) is 0.195. The molecule has 0 aliphatic carbocycles. The van der Waals surface area contributed by atoms with Gasteiger partial charge in [-0.25, -0.2) is 0 Å². The highest BCUT2D eigenvalue weighted by molar-refractivity contribution is 5.85. The quantitative estimate of drug-likeness (QED) is 0.849. The Hall–Kier alpha value is -0.280. The number of halogens is 1. The Bertz CT molecular complexity index is 254. The minimum absolute atomic E-state index is 0. The third-order valence-corrected chi connectivity index (χ3v) is 3.95. The highest BCUT2D eigenvalue weighted by atomic mass is 35.5. The number of carbonyl (C=O) groups is 1. The molecule has 2 unspecified atom stereocenters. The predicted octanol–water partition coefficient (Wildman–Crippen LogP) is 2.43. The maximum atomic E-state index is 12.3. The first-order chi connectivity index (χ1) is 7.38. The summed E-state index contributed by atoms with van der Waals surface area (Å²) >= 11 is 0. The molecule has 102 valence electrons. The summed E-state index contributed by atoms with van der Waals surface area (Å²) in [7, 11) is 0. The molecule has 2 atom stereocenters. The van der Waals surface area contributed by atoms with Crippen molar-refractivity contribution in [3.8, 4) is 0 Å². The van der Waals surface area contributed by atoms with E-state index in [1.165, 1.54) is 0 Å². The minimum Gasteiger partial charge on any atom is -0.342 e. The minimum atomic E-state index is -0.222. The van der Waals surface area contributed by atoms with Crippen LogP contribution in [0.4, 0.5) is 0 Å². The predicted molar refractivity (Wildman–Crippen MR) is 74.3 cm³/mol. The van der Waals surface area contributed by atoms with Gasteiger partial charge in [0.25, 0.3) is 0 Å². The number of hydrogen-bond acceptors (Lipinski definition) is 2. The SMILES string of the molecule is CCC(C)(C)C(=O)N1CCCC(C(C)N)C1.Cl. The summed E-state index contributed by atoms with van der Waals surface area (Å²) in [5, 5.41) is 0. The van der Waals surface area contributed by atoms with Gasteiger partial charge in [-0.05, 0) is 32.1 Å². The molecule has 4 heteroatoms. The molecule has 2 N–H and O–H groups in total. The molecule has 1 aliphatic heterocycles. The van der Waals surface area contributed by atoms with E-state index in [0.717, 1.165) is 32.4 Å². The van der Waals surface area contributed by atoms with Crippen molar-refractivity contribution in [1.82, 2.24) is 4.90 Å². The molecule has 1 aliphatic rings. The number of nitrogens with zero attached hydrogens (tertiary/aromatic N) is 1. The van der Waals surface area contributed by atoms with Crippen molar-refractivity contribution >= 4 is 18.3 Å². The Labute approximate surface area is 112 Å². The molecule has 1 amide bonds. The zero-order valence-corrected chi connectivity index (χ0v) is 12.3. The smallest absolute Gasteiger partial charge is 0.228 e. The van der Waals surface area contributed by atoms with Gasteiger partial charge in [-0.2, -0.15) is 0 Å². The van der Waals surface area contributed by atoms with Gasteiger partial charge >= 0.3 is 0 Å². The maximum Gasteiger partial charge on any atom is 0.228 e. The van der Waals surface area contributed by atoms with E-state index in [-0.39, 0.29) is 23.9 Å². The lowest BCUT2D eigenvalue weighted by atomic mass is 9.85. The fraction of sp³-hybridized carbons (Fsp3) is 0.923. The van der Waals surface area contributed by atoms with Gasteiger partial charge in [0.15, 0.2) is 0 Å². The molecule has 0 spiro atoms. The number of nitrogens with two attached hydrogens (primary N) is 1. The molecule has 1 heterocycles. The van der Waals surface area contributed by atoms with Crippen LogP contribution in [0.1, 0.15) is 47.0 Å². The van der Waals surface area contributed by atoms with Crippen molar-refractivity contribution in [3.05, 3.63) is 0 Å². The molecular weight excluding hydrogens is 236 g/mol. The van der Waals surface area contributed by atoms with Crippen molar-refractivity contribution in [3.63, 3.8) is 0 Å². The Kier molecular flexibility index (Phi) is 6.49. The Morgan fingerprint density at radius 1 is 1.53 bits per heavy atom. The van der Waals surface area contributed by atoms with E-state index in [1.807, 2.05) is 25.7 Å². The Balaban J connectivity index is 0.00000256. The number of carbonyl (C=O) groups excluding carboxylic acids is 1. The van der Waals surface area contributed by atoms with E-state index in [9.17, 15) is 4.79 Å². The zero-order valence-electron chi connectivity index (χ0n) is 11.5. The van der Waals surface area contributed by atoms with Crippen LogP contribution in [0.3, 0.4) is 0 Å². The van der Waals surface area contributed by atoms with Gasteiger partial charge in [0, 0.05) is 24.5 Å². The van der Waals surface area contributed by atoms with E-state index in [0.29, 0.717) is 11.8 Å². The fourth-order valence-electron chi connectivity index (χ4n) is 2.20. The van der Waals surface area contributed by atoms with Gasteiger partial charge in [-0.1, -0.05) is 20.8 Å². The third kappa shape index (κ3) is 4.14. The molecule has 1 rings (SSSR count). The van der Waals surface area contributed by atoms with Crippen LogP contribution in [0, 0.1) is 11.3 Å². The van der Waals surface area contributed by atoms with Crippen LogP contribution in [0.25, 0.3) is 0 Å². The molecule has 1 saturated heterocycles. The second kappa shape index (κ2) is 6.60. The molecular formula is C13H27ClN2O. The maximum absolute atomic E-state index is 12.3. The van der Waals surface area contributed by atoms with Crippen LogP contribution in [0.2, 0.25) is 0 Å². The summed E-state index contributed by atoms with van der Waals surface area (Å²) in [4.78, 5) is 14.3. The van der Waals surface area contributed by atoms with Crippen molar-refractivity contribution in [1.29, 1.82) is 0 Å². The number of likely N-dealkylation sites (tertiary alicyclic amines) is 1. The largest absolute Gasteiger partial charge is 0.342 e. The molecule has 0 bridgehead atoms. The average Bonchev–Trinajstić information content (AvgIpc) is 2.28. The third-order valence-electron chi connectivity index (χ3n) is 3.95. The molecule has 0 aromatic heterocycles. The highest BCUT2D eigenvalue weighted by Crippen LogP contribution is 2.27. The van der Waals surface area contributed by atoms with Crippen LogP contribution in [-0.4, -0.2) is 29.9 Å². The van der Waals surface area contributed by atoms with E-state index in [1.54, 1.807) is 0 Å². The van der Waals surface area contributed by atoms with Gasteiger partial charge in [0.05, 0.1) is 0 Å².